The van der Waals surface area contributed by atoms with Gasteiger partial charge in [0.15, 0.2) is 8.68 Å². The Balaban J connectivity index is 2.12. The van der Waals surface area contributed by atoms with Gasteiger partial charge >= 0.3 is 0 Å². The number of hydrogen-bond acceptors (Lipinski definition) is 4. The van der Waals surface area contributed by atoms with Gasteiger partial charge in [-0.05, 0) is 25.7 Å². The van der Waals surface area contributed by atoms with Crippen molar-refractivity contribution >= 4 is 33.0 Å². The van der Waals surface area contributed by atoms with Gasteiger partial charge in [-0.2, -0.15) is 4.31 Å². The molecule has 4 nitrogen and oxygen atoms in total. The number of sulfonamides is 1. The van der Waals surface area contributed by atoms with E-state index in [1.807, 2.05) is 0 Å². The third kappa shape index (κ3) is 3.29. The van der Waals surface area contributed by atoms with E-state index < -0.39 is 10.0 Å². The third-order valence-electron chi connectivity index (χ3n) is 3.57. The molecule has 0 N–H and O–H groups in total. The fourth-order valence-corrected chi connectivity index (χ4v) is 5.90. The van der Waals surface area contributed by atoms with Gasteiger partial charge in [0.1, 0.15) is 0 Å². The molecule has 0 saturated carbocycles. The molecule has 2 rings (SSSR count). The van der Waals surface area contributed by atoms with Gasteiger partial charge in [0, 0.05) is 13.1 Å². The Hall–Kier alpha value is -0.170. The topological polar surface area (TPSA) is 50.3 Å². The van der Waals surface area contributed by atoms with Crippen LogP contribution >= 0.6 is 22.9 Å². The molecule has 1 aliphatic rings. The van der Waals surface area contributed by atoms with Crippen LogP contribution in [0.4, 0.5) is 0 Å². The van der Waals surface area contributed by atoms with Crippen LogP contribution in [-0.2, 0) is 10.0 Å². The van der Waals surface area contributed by atoms with E-state index >= 15 is 0 Å². The number of piperidine rings is 1. The predicted octanol–water partition coefficient (Wildman–Crippen LogP) is 3.31. The summed E-state index contributed by atoms with van der Waals surface area (Å²) in [6, 6.07) is 0. The van der Waals surface area contributed by atoms with E-state index in [1.54, 1.807) is 11.2 Å². The lowest BCUT2D eigenvalue weighted by molar-refractivity contribution is 0.262. The summed E-state index contributed by atoms with van der Waals surface area (Å²) in [4.78, 5) is 3.99. The third-order valence-corrected chi connectivity index (χ3v) is 7.32. The molecular formula is C12H19ClN2O2S2. The molecule has 1 saturated heterocycles. The van der Waals surface area contributed by atoms with Crippen molar-refractivity contribution in [3.05, 3.63) is 10.2 Å². The first-order chi connectivity index (χ1) is 8.95. The molecule has 7 heteroatoms. The highest BCUT2D eigenvalue weighted by Crippen LogP contribution is 2.32. The van der Waals surface area contributed by atoms with E-state index in [1.165, 1.54) is 12.8 Å². The zero-order valence-corrected chi connectivity index (χ0v) is 13.6. The van der Waals surface area contributed by atoms with Gasteiger partial charge in [0.25, 0.3) is 10.0 Å². The van der Waals surface area contributed by atoms with Crippen LogP contribution in [0.5, 0.6) is 0 Å². The van der Waals surface area contributed by atoms with Crippen LogP contribution in [0.25, 0.3) is 0 Å². The van der Waals surface area contributed by atoms with Gasteiger partial charge in [0.2, 0.25) is 0 Å². The van der Waals surface area contributed by atoms with Crippen molar-refractivity contribution in [2.24, 2.45) is 5.92 Å². The smallest absolute Gasteiger partial charge is 0.229 e. The normalized spacial score (nSPS) is 18.9. The summed E-state index contributed by atoms with van der Waals surface area (Å²) < 4.78 is 27.2. The lowest BCUT2D eigenvalue weighted by Gasteiger charge is -2.30. The van der Waals surface area contributed by atoms with E-state index in [-0.39, 0.29) is 4.47 Å². The zero-order valence-electron chi connectivity index (χ0n) is 11.2. The number of rotatable bonds is 4. The molecule has 0 bridgehead atoms. The molecule has 0 aliphatic carbocycles. The fraction of sp³-hybridized carbons (Fsp3) is 0.750. The van der Waals surface area contributed by atoms with Crippen molar-refractivity contribution in [2.75, 3.05) is 13.1 Å². The van der Waals surface area contributed by atoms with Gasteiger partial charge in [-0.3, -0.25) is 0 Å². The molecule has 108 valence electrons. The summed E-state index contributed by atoms with van der Waals surface area (Å²) >= 11 is 6.85. The van der Waals surface area contributed by atoms with Crippen molar-refractivity contribution in [2.45, 2.75) is 43.7 Å². The average Bonchev–Trinajstić information content (AvgIpc) is 2.70. The molecule has 0 aromatic carbocycles. The van der Waals surface area contributed by atoms with Crippen molar-refractivity contribution in [3.63, 3.8) is 0 Å². The van der Waals surface area contributed by atoms with Gasteiger partial charge in [-0.25, -0.2) is 13.4 Å². The Bertz CT molecular complexity index is 534. The Labute approximate surface area is 123 Å². The van der Waals surface area contributed by atoms with Crippen LogP contribution in [0.2, 0.25) is 4.47 Å². The molecule has 19 heavy (non-hydrogen) atoms. The summed E-state index contributed by atoms with van der Waals surface area (Å²) in [5.74, 6) is 0.669. The number of aryl methyl sites for hydroxylation is 1. The van der Waals surface area contributed by atoms with E-state index in [0.29, 0.717) is 28.9 Å². The Kier molecular flexibility index (Phi) is 4.87. The number of aromatic nitrogens is 1. The molecule has 0 amide bonds. The SMILES string of the molecule is CCCC1CCN(S(=O)(=O)c2sc(Cl)nc2C)CC1. The maximum Gasteiger partial charge on any atom is 0.254 e. The number of thiazole rings is 1. The number of hydrogen-bond donors (Lipinski definition) is 0. The molecule has 2 heterocycles. The summed E-state index contributed by atoms with van der Waals surface area (Å²) in [6.45, 7) is 5.09. The molecule has 1 aromatic heterocycles. The summed E-state index contributed by atoms with van der Waals surface area (Å²) in [6.07, 6.45) is 4.28. The molecule has 0 radical (unpaired) electrons. The molecule has 1 aliphatic heterocycles. The first kappa shape index (κ1) is 15.2. The van der Waals surface area contributed by atoms with Crippen LogP contribution in [0.1, 0.15) is 38.3 Å². The van der Waals surface area contributed by atoms with Crippen molar-refractivity contribution in [1.82, 2.24) is 9.29 Å². The largest absolute Gasteiger partial charge is 0.254 e. The first-order valence-corrected chi connectivity index (χ1v) is 9.21. The van der Waals surface area contributed by atoms with E-state index in [9.17, 15) is 8.42 Å². The molecule has 0 unspecified atom stereocenters. The van der Waals surface area contributed by atoms with Crippen molar-refractivity contribution in [1.29, 1.82) is 0 Å². The van der Waals surface area contributed by atoms with Crippen LogP contribution in [0, 0.1) is 12.8 Å². The maximum atomic E-state index is 12.5. The predicted molar refractivity (Wildman–Crippen MR) is 78.3 cm³/mol. The highest BCUT2D eigenvalue weighted by molar-refractivity contribution is 7.91. The molecule has 1 fully saturated rings. The standard InChI is InChI=1S/C12H19ClN2O2S2/c1-3-4-10-5-7-15(8-6-10)19(16,17)11-9(2)14-12(13)18-11/h10H,3-8H2,1-2H3. The first-order valence-electron chi connectivity index (χ1n) is 6.58. The molecule has 0 spiro atoms. The van der Waals surface area contributed by atoms with Gasteiger partial charge < -0.3 is 0 Å². The molecule has 1 aromatic rings. The van der Waals surface area contributed by atoms with E-state index in [4.69, 9.17) is 11.6 Å². The van der Waals surface area contributed by atoms with E-state index in [0.717, 1.165) is 24.2 Å². The fourth-order valence-electron chi connectivity index (χ4n) is 2.55. The minimum atomic E-state index is -3.41. The van der Waals surface area contributed by atoms with Crippen LogP contribution in [-0.4, -0.2) is 30.8 Å². The van der Waals surface area contributed by atoms with Gasteiger partial charge in [-0.15, -0.1) is 0 Å². The second kappa shape index (κ2) is 6.08. The van der Waals surface area contributed by atoms with Crippen molar-refractivity contribution < 1.29 is 8.42 Å². The van der Waals surface area contributed by atoms with Crippen LogP contribution in [0.15, 0.2) is 4.21 Å². The second-order valence-corrected chi connectivity index (χ2v) is 8.69. The Morgan fingerprint density at radius 2 is 2.05 bits per heavy atom. The van der Waals surface area contributed by atoms with Crippen molar-refractivity contribution in [3.8, 4) is 0 Å². The average molecular weight is 323 g/mol. The van der Waals surface area contributed by atoms with Gasteiger partial charge in [-0.1, -0.05) is 42.7 Å². The van der Waals surface area contributed by atoms with Crippen LogP contribution < -0.4 is 0 Å². The number of halogens is 1. The van der Waals surface area contributed by atoms with E-state index in [2.05, 4.69) is 11.9 Å². The highest BCUT2D eigenvalue weighted by atomic mass is 35.5. The minimum Gasteiger partial charge on any atom is -0.229 e. The summed E-state index contributed by atoms with van der Waals surface area (Å²) in [5.41, 5.74) is 0.505. The maximum absolute atomic E-state index is 12.5. The lowest BCUT2D eigenvalue weighted by atomic mass is 9.94. The molecule has 0 atom stereocenters. The second-order valence-electron chi connectivity index (χ2n) is 4.98. The Morgan fingerprint density at radius 3 is 2.53 bits per heavy atom. The Morgan fingerprint density at radius 1 is 1.42 bits per heavy atom. The van der Waals surface area contributed by atoms with Gasteiger partial charge in [0.05, 0.1) is 5.69 Å². The summed E-state index contributed by atoms with van der Waals surface area (Å²) in [5, 5.41) is 0. The molecular weight excluding hydrogens is 304 g/mol. The lowest BCUT2D eigenvalue weighted by Crippen LogP contribution is -2.38. The minimum absolute atomic E-state index is 0.289. The monoisotopic (exact) mass is 322 g/mol. The highest BCUT2D eigenvalue weighted by Gasteiger charge is 2.32. The number of nitrogens with zero attached hydrogens (tertiary/aromatic N) is 2. The quantitative estimate of drug-likeness (QED) is 0.854. The zero-order chi connectivity index (χ0) is 14.0. The van der Waals surface area contributed by atoms with Crippen LogP contribution in [0.3, 0.4) is 0 Å². The summed E-state index contributed by atoms with van der Waals surface area (Å²) in [7, 11) is -3.41.